The summed E-state index contributed by atoms with van der Waals surface area (Å²) in [6.45, 7) is 1.83. The van der Waals surface area contributed by atoms with Crippen molar-refractivity contribution in [3.63, 3.8) is 0 Å². The lowest BCUT2D eigenvalue weighted by Crippen LogP contribution is -2.15. The Morgan fingerprint density at radius 1 is 1.21 bits per heavy atom. The second-order valence-electron chi connectivity index (χ2n) is 4.86. The van der Waals surface area contributed by atoms with Crippen molar-refractivity contribution in [1.29, 1.82) is 0 Å². The standard InChI is InChI=1S/C16H23NO2/c1-18-15-7-8-16(19-2)14(11-15)12-17-10-9-13-5-3-4-6-13/h5,7-8,11,17H,3-4,6,9-10,12H2,1-2H3. The van der Waals surface area contributed by atoms with E-state index in [1.807, 2.05) is 18.2 Å². The summed E-state index contributed by atoms with van der Waals surface area (Å²) in [5.41, 5.74) is 2.74. The van der Waals surface area contributed by atoms with E-state index in [4.69, 9.17) is 9.47 Å². The molecule has 1 aliphatic carbocycles. The predicted octanol–water partition coefficient (Wildman–Crippen LogP) is 3.29. The number of nitrogens with one attached hydrogen (secondary N) is 1. The van der Waals surface area contributed by atoms with Crippen LogP contribution in [0.1, 0.15) is 31.2 Å². The molecule has 3 nitrogen and oxygen atoms in total. The lowest BCUT2D eigenvalue weighted by atomic mass is 10.1. The van der Waals surface area contributed by atoms with Crippen molar-refractivity contribution in [3.8, 4) is 11.5 Å². The molecule has 0 spiro atoms. The van der Waals surface area contributed by atoms with E-state index >= 15 is 0 Å². The third-order valence-electron chi connectivity index (χ3n) is 3.56. The van der Waals surface area contributed by atoms with Crippen LogP contribution in [0.4, 0.5) is 0 Å². The van der Waals surface area contributed by atoms with Crippen molar-refractivity contribution in [2.45, 2.75) is 32.2 Å². The Hall–Kier alpha value is -1.48. The highest BCUT2D eigenvalue weighted by Crippen LogP contribution is 2.24. The van der Waals surface area contributed by atoms with Crippen LogP contribution in [0, 0.1) is 0 Å². The maximum absolute atomic E-state index is 5.37. The van der Waals surface area contributed by atoms with Gasteiger partial charge in [-0.1, -0.05) is 11.6 Å². The van der Waals surface area contributed by atoms with E-state index in [2.05, 4.69) is 11.4 Å². The summed E-state index contributed by atoms with van der Waals surface area (Å²) in [4.78, 5) is 0. The molecule has 0 heterocycles. The highest BCUT2D eigenvalue weighted by atomic mass is 16.5. The lowest BCUT2D eigenvalue weighted by Gasteiger charge is -2.11. The first-order valence-electron chi connectivity index (χ1n) is 6.93. The van der Waals surface area contributed by atoms with Crippen molar-refractivity contribution < 1.29 is 9.47 Å². The van der Waals surface area contributed by atoms with Gasteiger partial charge in [0.05, 0.1) is 14.2 Å². The fourth-order valence-electron chi connectivity index (χ4n) is 2.46. The first kappa shape index (κ1) is 13.9. The molecule has 0 atom stereocenters. The molecule has 2 rings (SSSR count). The topological polar surface area (TPSA) is 30.5 Å². The SMILES string of the molecule is COc1ccc(OC)c(CNCCC2=CCCC2)c1. The summed E-state index contributed by atoms with van der Waals surface area (Å²) in [6.07, 6.45) is 7.42. The third kappa shape index (κ3) is 4.00. The molecule has 0 bridgehead atoms. The molecular formula is C16H23NO2. The fourth-order valence-corrected chi connectivity index (χ4v) is 2.46. The second-order valence-corrected chi connectivity index (χ2v) is 4.86. The largest absolute Gasteiger partial charge is 0.497 e. The molecule has 0 unspecified atom stereocenters. The molecule has 0 saturated carbocycles. The number of allylic oxidation sites excluding steroid dienone is 1. The van der Waals surface area contributed by atoms with Gasteiger partial charge in [0, 0.05) is 12.1 Å². The number of rotatable bonds is 7. The zero-order chi connectivity index (χ0) is 13.5. The quantitative estimate of drug-likeness (QED) is 0.603. The maximum atomic E-state index is 5.37. The van der Waals surface area contributed by atoms with Crippen molar-refractivity contribution in [1.82, 2.24) is 5.32 Å². The summed E-state index contributed by atoms with van der Waals surface area (Å²) in [5, 5.41) is 3.48. The number of methoxy groups -OCH3 is 2. The van der Waals surface area contributed by atoms with Crippen LogP contribution < -0.4 is 14.8 Å². The van der Waals surface area contributed by atoms with Crippen LogP contribution in [0.15, 0.2) is 29.8 Å². The number of benzene rings is 1. The van der Waals surface area contributed by atoms with E-state index in [1.165, 1.54) is 19.3 Å². The van der Waals surface area contributed by atoms with Gasteiger partial charge in [0.25, 0.3) is 0 Å². The van der Waals surface area contributed by atoms with E-state index in [9.17, 15) is 0 Å². The summed E-state index contributed by atoms with van der Waals surface area (Å²) >= 11 is 0. The van der Waals surface area contributed by atoms with Crippen molar-refractivity contribution in [2.24, 2.45) is 0 Å². The van der Waals surface area contributed by atoms with Crippen LogP contribution in [0.5, 0.6) is 11.5 Å². The molecule has 1 aromatic carbocycles. The van der Waals surface area contributed by atoms with E-state index in [1.54, 1.807) is 19.8 Å². The summed E-state index contributed by atoms with van der Waals surface area (Å²) in [7, 11) is 3.39. The maximum Gasteiger partial charge on any atom is 0.123 e. The number of hydrogen-bond acceptors (Lipinski definition) is 3. The van der Waals surface area contributed by atoms with Gasteiger partial charge in [0.1, 0.15) is 11.5 Å². The Morgan fingerprint density at radius 3 is 2.79 bits per heavy atom. The van der Waals surface area contributed by atoms with Gasteiger partial charge in [-0.15, -0.1) is 0 Å². The minimum absolute atomic E-state index is 0.813. The zero-order valence-electron chi connectivity index (χ0n) is 11.9. The van der Waals surface area contributed by atoms with Gasteiger partial charge in [0.15, 0.2) is 0 Å². The smallest absolute Gasteiger partial charge is 0.123 e. The molecule has 0 saturated heterocycles. The van der Waals surface area contributed by atoms with E-state index in [0.29, 0.717) is 0 Å². The minimum atomic E-state index is 0.813. The van der Waals surface area contributed by atoms with Gasteiger partial charge in [-0.25, -0.2) is 0 Å². The van der Waals surface area contributed by atoms with Gasteiger partial charge in [0.2, 0.25) is 0 Å². The molecule has 0 radical (unpaired) electrons. The van der Waals surface area contributed by atoms with Gasteiger partial charge in [-0.05, 0) is 50.4 Å². The highest BCUT2D eigenvalue weighted by molar-refractivity contribution is 5.40. The zero-order valence-corrected chi connectivity index (χ0v) is 11.9. The van der Waals surface area contributed by atoms with Crippen LogP contribution >= 0.6 is 0 Å². The molecule has 104 valence electrons. The van der Waals surface area contributed by atoms with Gasteiger partial charge in [-0.3, -0.25) is 0 Å². The van der Waals surface area contributed by atoms with Gasteiger partial charge < -0.3 is 14.8 Å². The Morgan fingerprint density at radius 2 is 2.11 bits per heavy atom. The lowest BCUT2D eigenvalue weighted by molar-refractivity contribution is 0.397. The van der Waals surface area contributed by atoms with Crippen LogP contribution in [0.2, 0.25) is 0 Å². The molecule has 0 fully saturated rings. The molecule has 0 amide bonds. The van der Waals surface area contributed by atoms with Gasteiger partial charge in [-0.2, -0.15) is 0 Å². The fraction of sp³-hybridized carbons (Fsp3) is 0.500. The van der Waals surface area contributed by atoms with Gasteiger partial charge >= 0.3 is 0 Å². The van der Waals surface area contributed by atoms with Crippen LogP contribution in [0.25, 0.3) is 0 Å². The van der Waals surface area contributed by atoms with Crippen molar-refractivity contribution in [3.05, 3.63) is 35.4 Å². The Kier molecular flexibility index (Phi) is 5.28. The summed E-state index contributed by atoms with van der Waals surface area (Å²) in [5.74, 6) is 1.78. The third-order valence-corrected chi connectivity index (χ3v) is 3.56. The first-order chi connectivity index (χ1) is 9.33. The Bertz CT molecular complexity index is 440. The van der Waals surface area contributed by atoms with Crippen LogP contribution in [-0.4, -0.2) is 20.8 Å². The number of ether oxygens (including phenoxy) is 2. The van der Waals surface area contributed by atoms with Crippen LogP contribution in [0.3, 0.4) is 0 Å². The number of hydrogen-bond donors (Lipinski definition) is 1. The minimum Gasteiger partial charge on any atom is -0.497 e. The summed E-state index contributed by atoms with van der Waals surface area (Å²) in [6, 6.07) is 5.90. The normalized spacial score (nSPS) is 14.3. The van der Waals surface area contributed by atoms with E-state index in [0.717, 1.165) is 36.6 Å². The van der Waals surface area contributed by atoms with Crippen molar-refractivity contribution >= 4 is 0 Å². The molecule has 1 aromatic rings. The molecule has 0 aromatic heterocycles. The molecule has 1 aliphatic rings. The molecule has 0 aliphatic heterocycles. The average Bonchev–Trinajstić information content (AvgIpc) is 2.96. The van der Waals surface area contributed by atoms with E-state index < -0.39 is 0 Å². The van der Waals surface area contributed by atoms with Crippen LogP contribution in [-0.2, 0) is 6.54 Å². The molecule has 3 heteroatoms. The Balaban J connectivity index is 1.83. The average molecular weight is 261 g/mol. The second kappa shape index (κ2) is 7.19. The Labute approximate surface area is 115 Å². The summed E-state index contributed by atoms with van der Waals surface area (Å²) < 4.78 is 10.6. The highest BCUT2D eigenvalue weighted by Gasteiger charge is 2.06. The molecule has 1 N–H and O–H groups in total. The molecule has 19 heavy (non-hydrogen) atoms. The van der Waals surface area contributed by atoms with E-state index in [-0.39, 0.29) is 0 Å². The van der Waals surface area contributed by atoms with Crippen molar-refractivity contribution in [2.75, 3.05) is 20.8 Å². The first-order valence-corrected chi connectivity index (χ1v) is 6.93. The monoisotopic (exact) mass is 261 g/mol. The predicted molar refractivity (Wildman–Crippen MR) is 77.8 cm³/mol. The molecular weight excluding hydrogens is 238 g/mol.